The lowest BCUT2D eigenvalue weighted by atomic mass is 9.92. The summed E-state index contributed by atoms with van der Waals surface area (Å²) in [5.74, 6) is -0.470. The minimum Gasteiger partial charge on any atom is -0.481 e. The van der Waals surface area contributed by atoms with Gasteiger partial charge < -0.3 is 10.8 Å². The number of nitrogens with zero attached hydrogens (tertiary/aromatic N) is 3. The van der Waals surface area contributed by atoms with E-state index in [1.54, 1.807) is 6.92 Å². The number of carbonyl (C=O) groups is 1. The summed E-state index contributed by atoms with van der Waals surface area (Å²) in [5.41, 5.74) is 6.20. The first kappa shape index (κ1) is 17.5. The summed E-state index contributed by atoms with van der Waals surface area (Å²) in [6.45, 7) is 5.32. The van der Waals surface area contributed by atoms with Gasteiger partial charge in [0.1, 0.15) is 11.7 Å². The Labute approximate surface area is 129 Å². The van der Waals surface area contributed by atoms with E-state index in [9.17, 15) is 4.79 Å². The fourth-order valence-corrected chi connectivity index (χ4v) is 2.32. The van der Waals surface area contributed by atoms with Gasteiger partial charge in [0.05, 0.1) is 11.9 Å². The predicted octanol–water partition coefficient (Wildman–Crippen LogP) is 1.44. The number of hydrogen-bond donors (Lipinski definition) is 4. The number of aliphatic carboxylic acids is 1. The van der Waals surface area contributed by atoms with Crippen molar-refractivity contribution in [2.75, 3.05) is 0 Å². The van der Waals surface area contributed by atoms with Gasteiger partial charge in [-0.1, -0.05) is 0 Å². The van der Waals surface area contributed by atoms with Crippen LogP contribution < -0.4 is 5.73 Å². The summed E-state index contributed by atoms with van der Waals surface area (Å²) >= 11 is 0. The molecular weight excluding hydrogens is 284 g/mol. The molecule has 8 nitrogen and oxygen atoms in total. The molecule has 0 aliphatic carbocycles. The highest BCUT2D eigenvalue weighted by Crippen LogP contribution is 2.26. The molecule has 1 heterocycles. The van der Waals surface area contributed by atoms with Gasteiger partial charge in [-0.25, -0.2) is 10.0 Å². The second-order valence-corrected chi connectivity index (χ2v) is 5.22. The lowest BCUT2D eigenvalue weighted by Gasteiger charge is -2.23. The molecule has 8 heteroatoms. The highest BCUT2D eigenvalue weighted by molar-refractivity contribution is 6.04. The first-order valence-electron chi connectivity index (χ1n) is 6.94. The largest absolute Gasteiger partial charge is 0.481 e. The zero-order valence-corrected chi connectivity index (χ0v) is 13.0. The number of nitrogens with one attached hydrogen (secondary N) is 2. The molecule has 1 rings (SSSR count). The molecule has 0 amide bonds. The van der Waals surface area contributed by atoms with Crippen LogP contribution in [0.15, 0.2) is 22.2 Å². The fourth-order valence-electron chi connectivity index (χ4n) is 2.32. The Hall–Kier alpha value is -2.51. The first-order chi connectivity index (χ1) is 10.2. The molecule has 0 aromatic carbocycles. The highest BCUT2D eigenvalue weighted by atomic mass is 16.4. The standard InChI is InChI=1S/C14H22N6O2/c1-8-11(4-7-14(21)22)9(2)20(19-8)13(17)6-5-12(16)18-10(3)15/h5-6,9,11,17H,4,7H2,1-3H3,(H,21,22)(H3,15,16,18)/b6-5-,17-13?. The van der Waals surface area contributed by atoms with Gasteiger partial charge in [0, 0.05) is 18.1 Å². The van der Waals surface area contributed by atoms with Crippen LogP contribution in [0.3, 0.4) is 0 Å². The van der Waals surface area contributed by atoms with Crippen LogP contribution in [0, 0.1) is 16.7 Å². The molecule has 0 bridgehead atoms. The predicted molar refractivity (Wildman–Crippen MR) is 86.7 cm³/mol. The third-order valence-corrected chi connectivity index (χ3v) is 3.38. The molecule has 1 aliphatic heterocycles. The molecule has 0 spiro atoms. The zero-order valence-electron chi connectivity index (χ0n) is 13.0. The molecule has 120 valence electrons. The van der Waals surface area contributed by atoms with Gasteiger partial charge in [-0.2, -0.15) is 5.10 Å². The smallest absolute Gasteiger partial charge is 0.303 e. The Morgan fingerprint density at radius 2 is 2.14 bits per heavy atom. The van der Waals surface area contributed by atoms with E-state index in [2.05, 4.69) is 10.1 Å². The van der Waals surface area contributed by atoms with Crippen molar-refractivity contribution in [1.29, 1.82) is 10.8 Å². The van der Waals surface area contributed by atoms with E-state index in [1.165, 1.54) is 17.2 Å². The summed E-state index contributed by atoms with van der Waals surface area (Å²) in [6.07, 6.45) is 3.38. The Bertz CT molecular complexity index is 560. The Morgan fingerprint density at radius 3 is 2.68 bits per heavy atom. The molecule has 5 N–H and O–H groups in total. The van der Waals surface area contributed by atoms with Gasteiger partial charge in [-0.3, -0.25) is 15.6 Å². The van der Waals surface area contributed by atoms with Gasteiger partial charge in [0.15, 0.2) is 0 Å². The molecule has 0 saturated carbocycles. The van der Waals surface area contributed by atoms with Crippen molar-refractivity contribution < 1.29 is 9.90 Å². The second-order valence-electron chi connectivity index (χ2n) is 5.22. The van der Waals surface area contributed by atoms with Crippen LogP contribution in [-0.2, 0) is 4.79 Å². The van der Waals surface area contributed by atoms with Crippen LogP contribution >= 0.6 is 0 Å². The fraction of sp³-hybridized carbons (Fsp3) is 0.500. The van der Waals surface area contributed by atoms with Crippen molar-refractivity contribution in [3.63, 3.8) is 0 Å². The number of carboxylic acids is 1. The highest BCUT2D eigenvalue weighted by Gasteiger charge is 2.33. The zero-order chi connectivity index (χ0) is 16.9. The third-order valence-electron chi connectivity index (χ3n) is 3.38. The number of hydrazone groups is 1. The quantitative estimate of drug-likeness (QED) is 0.450. The molecule has 0 fully saturated rings. The maximum atomic E-state index is 10.7. The molecule has 1 aliphatic rings. The van der Waals surface area contributed by atoms with Crippen LogP contribution in [0.1, 0.15) is 33.6 Å². The number of carboxylic acid groups (broad SMARTS) is 1. The average molecular weight is 306 g/mol. The number of hydrogen-bond acceptors (Lipinski definition) is 4. The van der Waals surface area contributed by atoms with Crippen LogP contribution in [0.5, 0.6) is 0 Å². The van der Waals surface area contributed by atoms with Crippen molar-refractivity contribution >= 4 is 29.2 Å². The minimum atomic E-state index is -0.836. The molecule has 2 unspecified atom stereocenters. The monoisotopic (exact) mass is 306 g/mol. The lowest BCUT2D eigenvalue weighted by molar-refractivity contribution is -0.137. The number of nitrogens with two attached hydrogens (primary N) is 1. The van der Waals surface area contributed by atoms with Crippen molar-refractivity contribution in [1.82, 2.24) is 5.01 Å². The van der Waals surface area contributed by atoms with E-state index in [1.807, 2.05) is 13.8 Å². The van der Waals surface area contributed by atoms with Crippen molar-refractivity contribution in [2.24, 2.45) is 21.7 Å². The van der Waals surface area contributed by atoms with Gasteiger partial charge in [-0.05, 0) is 39.3 Å². The van der Waals surface area contributed by atoms with Gasteiger partial charge in [-0.15, -0.1) is 0 Å². The van der Waals surface area contributed by atoms with Crippen LogP contribution in [0.2, 0.25) is 0 Å². The van der Waals surface area contributed by atoms with E-state index in [-0.39, 0.29) is 35.9 Å². The average Bonchev–Trinajstić information content (AvgIpc) is 2.68. The van der Waals surface area contributed by atoms with Crippen molar-refractivity contribution in [3.8, 4) is 0 Å². The number of rotatable bonds is 5. The summed E-state index contributed by atoms with van der Waals surface area (Å²) in [5, 5.41) is 30.2. The molecule has 22 heavy (non-hydrogen) atoms. The molecular formula is C14H22N6O2. The third kappa shape index (κ3) is 4.80. The molecule has 0 radical (unpaired) electrons. The van der Waals surface area contributed by atoms with Crippen LogP contribution in [0.4, 0.5) is 0 Å². The van der Waals surface area contributed by atoms with E-state index in [0.29, 0.717) is 6.42 Å². The maximum absolute atomic E-state index is 10.7. The van der Waals surface area contributed by atoms with E-state index in [4.69, 9.17) is 21.7 Å². The van der Waals surface area contributed by atoms with E-state index >= 15 is 0 Å². The molecule has 0 aromatic heterocycles. The number of aliphatic imine (C=N–C) groups is 1. The number of amidine groups is 3. The van der Waals surface area contributed by atoms with Gasteiger partial charge in [0.25, 0.3) is 0 Å². The van der Waals surface area contributed by atoms with Gasteiger partial charge in [0.2, 0.25) is 0 Å². The topological polar surface area (TPSA) is 139 Å². The second kappa shape index (κ2) is 7.48. The van der Waals surface area contributed by atoms with Gasteiger partial charge >= 0.3 is 5.97 Å². The first-order valence-corrected chi connectivity index (χ1v) is 6.94. The maximum Gasteiger partial charge on any atom is 0.303 e. The SMILES string of the molecule is CC(N)=NC(=N)/C=C\C(=N)N1N=C(C)C(CCC(=O)O)C1C. The molecule has 0 aromatic rings. The van der Waals surface area contributed by atoms with E-state index < -0.39 is 5.97 Å². The van der Waals surface area contributed by atoms with E-state index in [0.717, 1.165) is 5.71 Å². The van der Waals surface area contributed by atoms with Crippen LogP contribution in [0.25, 0.3) is 0 Å². The summed E-state index contributed by atoms with van der Waals surface area (Å²) in [7, 11) is 0. The Kier molecular flexibility index (Phi) is 5.97. The normalized spacial score (nSPS) is 22.0. The summed E-state index contributed by atoms with van der Waals surface area (Å²) < 4.78 is 0. The minimum absolute atomic E-state index is 0.00797. The Balaban J connectivity index is 2.72. The van der Waals surface area contributed by atoms with Crippen molar-refractivity contribution in [2.45, 2.75) is 39.7 Å². The lowest BCUT2D eigenvalue weighted by Crippen LogP contribution is -2.34. The summed E-state index contributed by atoms with van der Waals surface area (Å²) in [6, 6.07) is -0.0922. The molecule has 2 atom stereocenters. The summed E-state index contributed by atoms with van der Waals surface area (Å²) in [4.78, 5) is 14.4. The van der Waals surface area contributed by atoms with Crippen LogP contribution in [-0.4, -0.2) is 45.3 Å². The molecule has 0 saturated heterocycles. The van der Waals surface area contributed by atoms with Crippen molar-refractivity contribution in [3.05, 3.63) is 12.2 Å². The Morgan fingerprint density at radius 1 is 1.50 bits per heavy atom.